The molecule has 0 aromatic carbocycles. The van der Waals surface area contributed by atoms with Gasteiger partial charge in [0.2, 0.25) is 0 Å². The first-order valence-electron chi connectivity index (χ1n) is 6.14. The zero-order chi connectivity index (χ0) is 12.9. The molecule has 1 aromatic rings. The Hall–Kier alpha value is -1.16. The Kier molecular flexibility index (Phi) is 4.87. The van der Waals surface area contributed by atoms with Crippen LogP contribution in [0.25, 0.3) is 0 Å². The molecule has 1 N–H and O–H groups in total. The van der Waals surface area contributed by atoms with Gasteiger partial charge in [-0.1, -0.05) is 20.8 Å². The summed E-state index contributed by atoms with van der Waals surface area (Å²) >= 11 is 0. The van der Waals surface area contributed by atoms with Crippen molar-refractivity contribution in [2.75, 3.05) is 6.61 Å². The molecule has 0 atom stereocenters. The summed E-state index contributed by atoms with van der Waals surface area (Å²) in [6.45, 7) is 7.08. The fourth-order valence-corrected chi connectivity index (χ4v) is 1.56. The number of aliphatic hydroxyl groups is 1. The lowest BCUT2D eigenvalue weighted by molar-refractivity contribution is 0.281. The molecule has 0 aliphatic carbocycles. The zero-order valence-corrected chi connectivity index (χ0v) is 10.9. The Morgan fingerprint density at radius 1 is 1.24 bits per heavy atom. The second kappa shape index (κ2) is 5.96. The van der Waals surface area contributed by atoms with Crippen LogP contribution in [0.3, 0.4) is 0 Å². The van der Waals surface area contributed by atoms with E-state index in [2.05, 4.69) is 25.9 Å². The third-order valence-electron chi connectivity index (χ3n) is 2.66. The summed E-state index contributed by atoms with van der Waals surface area (Å²) in [4.78, 5) is 11.6. The number of hydrogen-bond acceptors (Lipinski definition) is 3. The highest BCUT2D eigenvalue weighted by molar-refractivity contribution is 5.10. The van der Waals surface area contributed by atoms with E-state index in [1.165, 1.54) is 4.68 Å². The van der Waals surface area contributed by atoms with Gasteiger partial charge in [-0.2, -0.15) is 5.10 Å². The summed E-state index contributed by atoms with van der Waals surface area (Å²) in [5.74, 6) is 0. The van der Waals surface area contributed by atoms with Crippen LogP contribution in [0.15, 0.2) is 16.9 Å². The lowest BCUT2D eigenvalue weighted by Gasteiger charge is -2.18. The maximum atomic E-state index is 11.6. The third-order valence-corrected chi connectivity index (χ3v) is 2.66. The number of hydrogen-bond donors (Lipinski definition) is 1. The maximum absolute atomic E-state index is 11.6. The van der Waals surface area contributed by atoms with Crippen LogP contribution in [0.5, 0.6) is 0 Å². The van der Waals surface area contributed by atoms with Gasteiger partial charge in [-0.05, 0) is 25.3 Å². The highest BCUT2D eigenvalue weighted by Crippen LogP contribution is 2.18. The molecule has 0 bridgehead atoms. The number of nitrogens with zero attached hydrogens (tertiary/aromatic N) is 2. The molecule has 1 heterocycles. The van der Waals surface area contributed by atoms with Crippen molar-refractivity contribution in [1.29, 1.82) is 0 Å². The zero-order valence-electron chi connectivity index (χ0n) is 10.9. The molecule has 4 nitrogen and oxygen atoms in total. The first kappa shape index (κ1) is 13.9. The molecule has 96 valence electrons. The van der Waals surface area contributed by atoms with Crippen molar-refractivity contribution in [3.63, 3.8) is 0 Å². The monoisotopic (exact) mass is 238 g/mol. The van der Waals surface area contributed by atoms with Crippen molar-refractivity contribution in [2.45, 2.75) is 52.0 Å². The fraction of sp³-hybridized carbons (Fsp3) is 0.692. The largest absolute Gasteiger partial charge is 0.396 e. The summed E-state index contributed by atoms with van der Waals surface area (Å²) in [5, 5.41) is 13.1. The molecular weight excluding hydrogens is 216 g/mol. The molecule has 0 aliphatic rings. The third kappa shape index (κ3) is 4.30. The average molecular weight is 238 g/mol. The molecule has 0 radical (unpaired) electrons. The summed E-state index contributed by atoms with van der Waals surface area (Å²) in [7, 11) is 0. The fourth-order valence-electron chi connectivity index (χ4n) is 1.56. The second-order valence-corrected chi connectivity index (χ2v) is 5.31. The number of aryl methyl sites for hydroxylation is 1. The van der Waals surface area contributed by atoms with Crippen LogP contribution in [0.2, 0.25) is 0 Å². The molecule has 4 heteroatoms. The van der Waals surface area contributed by atoms with E-state index in [9.17, 15) is 4.79 Å². The number of unbranched alkanes of at least 4 members (excludes halogenated alkanes) is 2. The SMILES string of the molecule is CC(C)(C)c1ccc(=O)n(CCCCCO)n1. The van der Waals surface area contributed by atoms with E-state index in [-0.39, 0.29) is 17.6 Å². The minimum atomic E-state index is -0.0537. The number of aromatic nitrogens is 2. The van der Waals surface area contributed by atoms with E-state index in [1.807, 2.05) is 0 Å². The summed E-state index contributed by atoms with van der Waals surface area (Å²) < 4.78 is 1.53. The highest BCUT2D eigenvalue weighted by atomic mass is 16.2. The smallest absolute Gasteiger partial charge is 0.266 e. The van der Waals surface area contributed by atoms with Gasteiger partial charge in [0.05, 0.1) is 5.69 Å². The van der Waals surface area contributed by atoms with Gasteiger partial charge in [-0.25, -0.2) is 4.68 Å². The molecule has 1 aromatic heterocycles. The van der Waals surface area contributed by atoms with Crippen molar-refractivity contribution >= 4 is 0 Å². The van der Waals surface area contributed by atoms with Crippen molar-refractivity contribution in [1.82, 2.24) is 9.78 Å². The number of aliphatic hydroxyl groups excluding tert-OH is 1. The van der Waals surface area contributed by atoms with Crippen LogP contribution in [-0.2, 0) is 12.0 Å². The van der Waals surface area contributed by atoms with Gasteiger partial charge in [-0.3, -0.25) is 4.79 Å². The van der Waals surface area contributed by atoms with E-state index < -0.39 is 0 Å². The molecule has 0 spiro atoms. The molecule has 0 unspecified atom stereocenters. The minimum absolute atomic E-state index is 0.0411. The molecule has 0 fully saturated rings. The van der Waals surface area contributed by atoms with Gasteiger partial charge in [0, 0.05) is 24.6 Å². The van der Waals surface area contributed by atoms with E-state index in [0.29, 0.717) is 6.54 Å². The molecule has 17 heavy (non-hydrogen) atoms. The minimum Gasteiger partial charge on any atom is -0.396 e. The van der Waals surface area contributed by atoms with Gasteiger partial charge < -0.3 is 5.11 Å². The van der Waals surface area contributed by atoms with Crippen LogP contribution in [0.4, 0.5) is 0 Å². The summed E-state index contributed by atoms with van der Waals surface area (Å²) in [6, 6.07) is 3.38. The van der Waals surface area contributed by atoms with E-state index in [4.69, 9.17) is 5.11 Å². The maximum Gasteiger partial charge on any atom is 0.266 e. The topological polar surface area (TPSA) is 55.1 Å². The predicted molar refractivity (Wildman–Crippen MR) is 68.1 cm³/mol. The van der Waals surface area contributed by atoms with Crippen molar-refractivity contribution < 1.29 is 5.11 Å². The highest BCUT2D eigenvalue weighted by Gasteiger charge is 2.16. The van der Waals surface area contributed by atoms with Crippen molar-refractivity contribution in [3.8, 4) is 0 Å². The first-order chi connectivity index (χ1) is 7.95. The second-order valence-electron chi connectivity index (χ2n) is 5.31. The Morgan fingerprint density at radius 3 is 2.53 bits per heavy atom. The summed E-state index contributed by atoms with van der Waals surface area (Å²) in [5.41, 5.74) is 0.835. The van der Waals surface area contributed by atoms with Crippen LogP contribution < -0.4 is 5.56 Å². The van der Waals surface area contributed by atoms with Crippen molar-refractivity contribution in [3.05, 3.63) is 28.2 Å². The van der Waals surface area contributed by atoms with Gasteiger partial charge in [0.1, 0.15) is 0 Å². The predicted octanol–water partition coefficient (Wildman–Crippen LogP) is 1.70. The Labute approximate surface area is 102 Å². The summed E-state index contributed by atoms with van der Waals surface area (Å²) in [6.07, 6.45) is 2.58. The van der Waals surface area contributed by atoms with E-state index >= 15 is 0 Å². The Bertz CT molecular complexity index is 405. The van der Waals surface area contributed by atoms with Crippen LogP contribution in [-0.4, -0.2) is 21.5 Å². The lowest BCUT2D eigenvalue weighted by Crippen LogP contribution is -2.26. The van der Waals surface area contributed by atoms with Gasteiger partial charge in [-0.15, -0.1) is 0 Å². The molecule has 0 aliphatic heterocycles. The molecule has 0 saturated heterocycles. The van der Waals surface area contributed by atoms with Gasteiger partial charge in [0.25, 0.3) is 5.56 Å². The van der Waals surface area contributed by atoms with E-state index in [1.54, 1.807) is 12.1 Å². The lowest BCUT2D eigenvalue weighted by atomic mass is 9.92. The van der Waals surface area contributed by atoms with Gasteiger partial charge >= 0.3 is 0 Å². The molecular formula is C13H22N2O2. The Morgan fingerprint density at radius 2 is 1.94 bits per heavy atom. The normalized spacial score (nSPS) is 11.8. The number of rotatable bonds is 5. The standard InChI is InChI=1S/C13H22N2O2/c1-13(2,3)11-7-8-12(17)15(14-11)9-5-4-6-10-16/h7-8,16H,4-6,9-10H2,1-3H3. The van der Waals surface area contributed by atoms with Crippen LogP contribution >= 0.6 is 0 Å². The van der Waals surface area contributed by atoms with E-state index in [0.717, 1.165) is 25.0 Å². The van der Waals surface area contributed by atoms with Crippen molar-refractivity contribution in [2.24, 2.45) is 0 Å². The van der Waals surface area contributed by atoms with Gasteiger partial charge in [0.15, 0.2) is 0 Å². The Balaban J connectivity index is 2.74. The van der Waals surface area contributed by atoms with Crippen LogP contribution in [0.1, 0.15) is 45.7 Å². The molecule has 0 amide bonds. The molecule has 1 rings (SSSR count). The average Bonchev–Trinajstić information content (AvgIpc) is 2.25. The molecule has 0 saturated carbocycles. The van der Waals surface area contributed by atoms with Crippen LogP contribution in [0, 0.1) is 0 Å². The quantitative estimate of drug-likeness (QED) is 0.794. The first-order valence-corrected chi connectivity index (χ1v) is 6.14.